The third kappa shape index (κ3) is 3.03. The number of rotatable bonds is 5. The van der Waals surface area contributed by atoms with Crippen LogP contribution in [-0.4, -0.2) is 35.5 Å². The van der Waals surface area contributed by atoms with Crippen LogP contribution in [0.2, 0.25) is 0 Å². The van der Waals surface area contributed by atoms with Crippen LogP contribution in [-0.2, 0) is 16.6 Å². The molecule has 0 unspecified atom stereocenters. The van der Waals surface area contributed by atoms with Crippen molar-refractivity contribution in [1.29, 1.82) is 5.26 Å². The molecular weight excluding hydrogens is 306 g/mol. The first kappa shape index (κ1) is 16.2. The first-order valence-electron chi connectivity index (χ1n) is 7.99. The number of hydrogen-bond acceptors (Lipinski definition) is 4. The number of nitrogens with one attached hydrogen (secondary N) is 1. The van der Waals surface area contributed by atoms with Gasteiger partial charge in [-0.05, 0) is 18.9 Å². The van der Waals surface area contributed by atoms with Crippen LogP contribution < -0.4 is 5.32 Å². The van der Waals surface area contributed by atoms with Gasteiger partial charge in [0.05, 0.1) is 12.2 Å². The second-order valence-electron chi connectivity index (χ2n) is 5.98. The van der Waals surface area contributed by atoms with E-state index in [1.165, 1.54) is 0 Å². The molecule has 1 N–H and O–H groups in total. The fourth-order valence-corrected chi connectivity index (χ4v) is 3.05. The monoisotopic (exact) mass is 325 g/mol. The molecule has 1 fully saturated rings. The highest BCUT2D eigenvalue weighted by molar-refractivity contribution is 6.17. The predicted molar refractivity (Wildman–Crippen MR) is 88.3 cm³/mol. The smallest absolute Gasteiger partial charge is 0.245 e. The van der Waals surface area contributed by atoms with Gasteiger partial charge in [-0.2, -0.15) is 5.26 Å². The van der Waals surface area contributed by atoms with Crippen molar-refractivity contribution in [3.63, 3.8) is 0 Å². The van der Waals surface area contributed by atoms with Crippen molar-refractivity contribution in [2.24, 2.45) is 13.0 Å². The number of nitrogens with zero attached hydrogens (tertiary/aromatic N) is 2. The number of ketones is 1. The fourth-order valence-electron chi connectivity index (χ4n) is 3.05. The molecule has 124 valence electrons. The Hall–Kier alpha value is -2.65. The van der Waals surface area contributed by atoms with E-state index in [4.69, 9.17) is 4.74 Å². The van der Waals surface area contributed by atoms with Gasteiger partial charge in [0.15, 0.2) is 11.7 Å². The van der Waals surface area contributed by atoms with Gasteiger partial charge in [-0.1, -0.05) is 18.2 Å². The Morgan fingerprint density at radius 2 is 2.25 bits per heavy atom. The Morgan fingerprint density at radius 1 is 1.46 bits per heavy atom. The number of aryl methyl sites for hydroxylation is 1. The second-order valence-corrected chi connectivity index (χ2v) is 5.98. The molecule has 2 aromatic rings. The predicted octanol–water partition coefficient (Wildman–Crippen LogP) is 1.80. The van der Waals surface area contributed by atoms with E-state index in [1.807, 2.05) is 41.9 Å². The van der Waals surface area contributed by atoms with E-state index >= 15 is 0 Å². The van der Waals surface area contributed by atoms with Crippen molar-refractivity contribution in [3.8, 4) is 6.07 Å². The van der Waals surface area contributed by atoms with E-state index in [2.05, 4.69) is 5.32 Å². The van der Waals surface area contributed by atoms with Crippen LogP contribution in [0.25, 0.3) is 10.9 Å². The normalized spacial score (nSPS) is 18.2. The van der Waals surface area contributed by atoms with Gasteiger partial charge < -0.3 is 14.6 Å². The third-order valence-corrected chi connectivity index (χ3v) is 4.34. The van der Waals surface area contributed by atoms with Crippen molar-refractivity contribution in [2.75, 3.05) is 13.2 Å². The number of hydrogen-bond donors (Lipinski definition) is 1. The minimum atomic E-state index is -1.35. The second kappa shape index (κ2) is 6.85. The summed E-state index contributed by atoms with van der Waals surface area (Å²) in [5, 5.41) is 12.7. The third-order valence-electron chi connectivity index (χ3n) is 4.34. The quantitative estimate of drug-likeness (QED) is 0.671. The summed E-state index contributed by atoms with van der Waals surface area (Å²) >= 11 is 0. The van der Waals surface area contributed by atoms with Gasteiger partial charge in [0.25, 0.3) is 0 Å². The molecule has 0 saturated carbocycles. The molecule has 6 heteroatoms. The van der Waals surface area contributed by atoms with E-state index in [-0.39, 0.29) is 6.10 Å². The maximum atomic E-state index is 12.7. The van der Waals surface area contributed by atoms with Crippen molar-refractivity contribution >= 4 is 22.6 Å². The molecule has 0 spiro atoms. The first-order valence-corrected chi connectivity index (χ1v) is 7.99. The molecule has 2 atom stereocenters. The first-order chi connectivity index (χ1) is 11.6. The van der Waals surface area contributed by atoms with Gasteiger partial charge in [-0.25, -0.2) is 0 Å². The van der Waals surface area contributed by atoms with E-state index in [0.29, 0.717) is 18.7 Å². The van der Waals surface area contributed by atoms with Crippen molar-refractivity contribution in [3.05, 3.63) is 36.0 Å². The van der Waals surface area contributed by atoms with Crippen LogP contribution in [0.3, 0.4) is 0 Å². The van der Waals surface area contributed by atoms with Gasteiger partial charge in [0.1, 0.15) is 0 Å². The summed E-state index contributed by atoms with van der Waals surface area (Å²) < 4.78 is 7.26. The van der Waals surface area contributed by atoms with Gasteiger partial charge in [0, 0.05) is 42.9 Å². The molecule has 1 aliphatic rings. The molecule has 0 aliphatic carbocycles. The van der Waals surface area contributed by atoms with Crippen LogP contribution >= 0.6 is 0 Å². The summed E-state index contributed by atoms with van der Waals surface area (Å²) in [5.41, 5.74) is 1.28. The summed E-state index contributed by atoms with van der Waals surface area (Å²) in [5.74, 6) is -2.39. The molecule has 6 nitrogen and oxygen atoms in total. The topological polar surface area (TPSA) is 84.1 Å². The molecule has 0 radical (unpaired) electrons. The standard InChI is InChI=1S/C18H19N3O3/c1-21-11-15(13-6-2-3-7-16(13)21)17(22)14(9-19)18(23)20-10-12-5-4-8-24-12/h2-3,6-7,11-12,14H,4-5,8,10H2,1H3,(H,20,23)/t12-,14-/m0/s1. The molecule has 1 amide bonds. The molecule has 1 aromatic carbocycles. The molecule has 1 aliphatic heterocycles. The average Bonchev–Trinajstić information content (AvgIpc) is 3.22. The van der Waals surface area contributed by atoms with Crippen LogP contribution in [0.5, 0.6) is 0 Å². The van der Waals surface area contributed by atoms with Crippen LogP contribution in [0.4, 0.5) is 0 Å². The molecule has 24 heavy (non-hydrogen) atoms. The highest BCUT2D eigenvalue weighted by Gasteiger charge is 2.30. The average molecular weight is 325 g/mol. The Balaban J connectivity index is 1.78. The number of fused-ring (bicyclic) bond motifs is 1. The zero-order valence-electron chi connectivity index (χ0n) is 13.5. The van der Waals surface area contributed by atoms with Gasteiger partial charge in [-0.15, -0.1) is 0 Å². The minimum Gasteiger partial charge on any atom is -0.376 e. The molecule has 3 rings (SSSR count). The summed E-state index contributed by atoms with van der Waals surface area (Å²) in [6, 6.07) is 9.27. The lowest BCUT2D eigenvalue weighted by Crippen LogP contribution is -2.38. The fraction of sp³-hybridized carbons (Fsp3) is 0.389. The van der Waals surface area contributed by atoms with Crippen LogP contribution in [0, 0.1) is 17.2 Å². The zero-order valence-corrected chi connectivity index (χ0v) is 13.5. The Morgan fingerprint density at radius 3 is 2.96 bits per heavy atom. The summed E-state index contributed by atoms with van der Waals surface area (Å²) in [6.07, 6.45) is 3.50. The Labute approximate surface area is 140 Å². The number of amides is 1. The Kier molecular flexibility index (Phi) is 4.63. The lowest BCUT2D eigenvalue weighted by molar-refractivity contribution is -0.122. The van der Waals surface area contributed by atoms with Crippen LogP contribution in [0.1, 0.15) is 23.2 Å². The Bertz CT molecular complexity index is 813. The van der Waals surface area contributed by atoms with Crippen molar-refractivity contribution in [2.45, 2.75) is 18.9 Å². The van der Waals surface area contributed by atoms with E-state index in [0.717, 1.165) is 23.7 Å². The molecule has 1 aromatic heterocycles. The summed E-state index contributed by atoms with van der Waals surface area (Å²) in [4.78, 5) is 25.0. The number of nitriles is 1. The van der Waals surface area contributed by atoms with Gasteiger partial charge in [0.2, 0.25) is 5.91 Å². The highest BCUT2D eigenvalue weighted by atomic mass is 16.5. The van der Waals surface area contributed by atoms with Crippen molar-refractivity contribution < 1.29 is 14.3 Å². The van der Waals surface area contributed by atoms with Gasteiger partial charge in [-0.3, -0.25) is 9.59 Å². The number of benzene rings is 1. The number of aromatic nitrogens is 1. The van der Waals surface area contributed by atoms with E-state index < -0.39 is 17.6 Å². The number of para-hydroxylation sites is 1. The van der Waals surface area contributed by atoms with Gasteiger partial charge >= 0.3 is 0 Å². The van der Waals surface area contributed by atoms with Crippen LogP contribution in [0.15, 0.2) is 30.5 Å². The summed E-state index contributed by atoms with van der Waals surface area (Å²) in [6.45, 7) is 1.02. The lowest BCUT2D eigenvalue weighted by Gasteiger charge is -2.12. The van der Waals surface area contributed by atoms with Crippen molar-refractivity contribution in [1.82, 2.24) is 9.88 Å². The molecular formula is C18H19N3O3. The SMILES string of the molecule is Cn1cc(C(=O)[C@H](C#N)C(=O)NC[C@@H]2CCCO2)c2ccccc21. The van der Waals surface area contributed by atoms with E-state index in [1.54, 1.807) is 6.20 Å². The molecule has 1 saturated heterocycles. The lowest BCUT2D eigenvalue weighted by atomic mass is 9.97. The van der Waals surface area contributed by atoms with E-state index in [9.17, 15) is 14.9 Å². The summed E-state index contributed by atoms with van der Waals surface area (Å²) in [7, 11) is 1.83. The number of carbonyl (C=O) groups excluding carboxylic acids is 2. The molecule has 0 bridgehead atoms. The zero-order chi connectivity index (χ0) is 17.1. The maximum Gasteiger partial charge on any atom is 0.245 e. The highest BCUT2D eigenvalue weighted by Crippen LogP contribution is 2.23. The number of carbonyl (C=O) groups is 2. The maximum absolute atomic E-state index is 12.7. The largest absolute Gasteiger partial charge is 0.376 e. The number of ether oxygens (including phenoxy) is 1. The molecule has 2 heterocycles. The number of Topliss-reactive ketones (excluding diaryl/α,β-unsaturated/α-hetero) is 1. The minimum absolute atomic E-state index is 0.0269.